The highest BCUT2D eigenvalue weighted by Gasteiger charge is 2.32. The summed E-state index contributed by atoms with van der Waals surface area (Å²) in [6.45, 7) is 4.91. The van der Waals surface area contributed by atoms with Crippen molar-refractivity contribution < 1.29 is 0 Å². The van der Waals surface area contributed by atoms with E-state index in [9.17, 15) is 0 Å². The summed E-state index contributed by atoms with van der Waals surface area (Å²) in [5.74, 6) is 7.19. The zero-order chi connectivity index (χ0) is 19.9. The molecule has 2 aliphatic heterocycles. The number of benzene rings is 2. The SMILES string of the molecule is Brc1ccc(C(C#CCCc2ccccc2)N2CCCC2CN2CCCC2)cc1. The first-order valence-electron chi connectivity index (χ1n) is 11.1. The number of hydrogen-bond acceptors (Lipinski definition) is 2. The maximum atomic E-state index is 3.66. The Balaban J connectivity index is 1.48. The summed E-state index contributed by atoms with van der Waals surface area (Å²) in [6.07, 6.45) is 7.26. The summed E-state index contributed by atoms with van der Waals surface area (Å²) in [4.78, 5) is 5.33. The largest absolute Gasteiger partial charge is 0.302 e. The van der Waals surface area contributed by atoms with Gasteiger partial charge in [0.05, 0.1) is 6.04 Å². The van der Waals surface area contributed by atoms with Gasteiger partial charge in [-0.1, -0.05) is 64.3 Å². The number of likely N-dealkylation sites (tertiary alicyclic amines) is 2. The quantitative estimate of drug-likeness (QED) is 0.521. The van der Waals surface area contributed by atoms with Crippen LogP contribution in [0, 0.1) is 11.8 Å². The number of rotatable bonds is 6. The van der Waals surface area contributed by atoms with Crippen LogP contribution < -0.4 is 0 Å². The predicted molar refractivity (Wildman–Crippen MR) is 125 cm³/mol. The third-order valence-corrected chi connectivity index (χ3v) is 6.76. The molecule has 2 fully saturated rings. The molecule has 2 saturated heterocycles. The highest BCUT2D eigenvalue weighted by atomic mass is 79.9. The van der Waals surface area contributed by atoms with E-state index in [0.29, 0.717) is 6.04 Å². The molecule has 0 aliphatic carbocycles. The molecular formula is C26H31BrN2. The molecule has 152 valence electrons. The minimum absolute atomic E-state index is 0.203. The molecule has 0 spiro atoms. The Labute approximate surface area is 184 Å². The van der Waals surface area contributed by atoms with Crippen LogP contribution in [0.2, 0.25) is 0 Å². The van der Waals surface area contributed by atoms with Gasteiger partial charge in [0, 0.05) is 30.0 Å². The van der Waals surface area contributed by atoms with Gasteiger partial charge in [0.15, 0.2) is 0 Å². The lowest BCUT2D eigenvalue weighted by Gasteiger charge is -2.32. The fourth-order valence-corrected chi connectivity index (χ4v) is 4.94. The lowest BCUT2D eigenvalue weighted by Crippen LogP contribution is -2.41. The molecular weight excluding hydrogens is 420 g/mol. The summed E-state index contributed by atoms with van der Waals surface area (Å²) in [5.41, 5.74) is 2.70. The molecule has 2 aromatic carbocycles. The Morgan fingerprint density at radius 1 is 0.931 bits per heavy atom. The number of aryl methyl sites for hydroxylation is 1. The molecule has 2 unspecified atom stereocenters. The Morgan fingerprint density at radius 2 is 1.69 bits per heavy atom. The van der Waals surface area contributed by atoms with Crippen LogP contribution in [-0.2, 0) is 6.42 Å². The van der Waals surface area contributed by atoms with Gasteiger partial charge >= 0.3 is 0 Å². The number of hydrogen-bond donors (Lipinski definition) is 0. The first-order chi connectivity index (χ1) is 14.3. The Kier molecular flexibility index (Phi) is 7.44. The fraction of sp³-hybridized carbons (Fsp3) is 0.462. The van der Waals surface area contributed by atoms with Crippen molar-refractivity contribution in [3.8, 4) is 11.8 Å². The Morgan fingerprint density at radius 3 is 2.45 bits per heavy atom. The first-order valence-corrected chi connectivity index (χ1v) is 11.8. The molecule has 3 heteroatoms. The van der Waals surface area contributed by atoms with Crippen molar-refractivity contribution in [3.05, 3.63) is 70.2 Å². The summed E-state index contributed by atoms with van der Waals surface area (Å²) in [6, 6.07) is 20.3. The van der Waals surface area contributed by atoms with Crippen LogP contribution in [0.4, 0.5) is 0 Å². The molecule has 0 aromatic heterocycles. The van der Waals surface area contributed by atoms with Gasteiger partial charge in [-0.25, -0.2) is 0 Å². The maximum absolute atomic E-state index is 3.66. The van der Waals surface area contributed by atoms with Crippen molar-refractivity contribution >= 4 is 15.9 Å². The fourth-order valence-electron chi connectivity index (χ4n) is 4.68. The molecule has 2 nitrogen and oxygen atoms in total. The second-order valence-corrected chi connectivity index (χ2v) is 9.22. The van der Waals surface area contributed by atoms with Crippen molar-refractivity contribution in [2.75, 3.05) is 26.2 Å². The monoisotopic (exact) mass is 450 g/mol. The standard InChI is InChI=1S/C26H31BrN2/c27-24-16-14-23(15-17-24)26(13-5-4-11-22-9-2-1-3-10-22)29-20-8-12-25(29)21-28-18-6-7-19-28/h1-3,9-10,14-17,25-26H,4,6-8,11-12,18-21H2. The molecule has 2 heterocycles. The van der Waals surface area contributed by atoms with Crippen LogP contribution in [0.25, 0.3) is 0 Å². The van der Waals surface area contributed by atoms with Crippen molar-refractivity contribution in [1.29, 1.82) is 0 Å². The van der Waals surface area contributed by atoms with E-state index in [4.69, 9.17) is 0 Å². The van der Waals surface area contributed by atoms with Crippen molar-refractivity contribution in [2.45, 2.75) is 50.6 Å². The van der Waals surface area contributed by atoms with E-state index in [1.807, 2.05) is 0 Å². The predicted octanol–water partition coefficient (Wildman–Crippen LogP) is 5.69. The van der Waals surface area contributed by atoms with Gasteiger partial charge < -0.3 is 4.90 Å². The van der Waals surface area contributed by atoms with Gasteiger partial charge in [0.25, 0.3) is 0 Å². The van der Waals surface area contributed by atoms with Crippen molar-refractivity contribution in [3.63, 3.8) is 0 Å². The zero-order valence-corrected chi connectivity index (χ0v) is 18.8. The molecule has 0 saturated carbocycles. The third kappa shape index (κ3) is 5.72. The average molecular weight is 451 g/mol. The molecule has 29 heavy (non-hydrogen) atoms. The van der Waals surface area contributed by atoms with E-state index in [1.165, 1.54) is 56.4 Å². The molecule has 0 bridgehead atoms. The van der Waals surface area contributed by atoms with Gasteiger partial charge in [-0.3, -0.25) is 4.90 Å². The maximum Gasteiger partial charge on any atom is 0.0973 e. The van der Waals surface area contributed by atoms with Gasteiger partial charge in [-0.15, -0.1) is 5.92 Å². The molecule has 4 rings (SSSR count). The van der Waals surface area contributed by atoms with E-state index < -0.39 is 0 Å². The van der Waals surface area contributed by atoms with E-state index in [1.54, 1.807) is 0 Å². The third-order valence-electron chi connectivity index (χ3n) is 6.23. The van der Waals surface area contributed by atoms with Gasteiger partial charge in [0.1, 0.15) is 0 Å². The lowest BCUT2D eigenvalue weighted by atomic mass is 10.0. The lowest BCUT2D eigenvalue weighted by molar-refractivity contribution is 0.168. The average Bonchev–Trinajstić information content (AvgIpc) is 3.43. The van der Waals surface area contributed by atoms with Crippen LogP contribution in [0.3, 0.4) is 0 Å². The zero-order valence-electron chi connectivity index (χ0n) is 17.2. The Bertz CT molecular complexity index is 815. The molecule has 2 aliphatic rings. The Hall–Kier alpha value is -1.60. The first kappa shape index (κ1) is 20.7. The molecule has 2 atom stereocenters. The van der Waals surface area contributed by atoms with Crippen molar-refractivity contribution in [2.24, 2.45) is 0 Å². The summed E-state index contributed by atoms with van der Waals surface area (Å²) < 4.78 is 1.13. The molecule has 0 N–H and O–H groups in total. The smallest absolute Gasteiger partial charge is 0.0973 e. The van der Waals surface area contributed by atoms with Crippen LogP contribution in [0.1, 0.15) is 49.3 Å². The number of halogens is 1. The summed E-state index contributed by atoms with van der Waals surface area (Å²) in [5, 5.41) is 0. The van der Waals surface area contributed by atoms with Crippen LogP contribution in [0.15, 0.2) is 59.1 Å². The van der Waals surface area contributed by atoms with Crippen LogP contribution >= 0.6 is 15.9 Å². The molecule has 0 radical (unpaired) electrons. The normalized spacial score (nSPS) is 21.1. The van der Waals surface area contributed by atoms with Gasteiger partial charge in [-0.05, 0) is 68.5 Å². The number of nitrogens with zero attached hydrogens (tertiary/aromatic N) is 2. The minimum atomic E-state index is 0.203. The van der Waals surface area contributed by atoms with E-state index in [0.717, 1.165) is 23.9 Å². The summed E-state index contributed by atoms with van der Waals surface area (Å²) >= 11 is 3.58. The van der Waals surface area contributed by atoms with Gasteiger partial charge in [-0.2, -0.15) is 0 Å². The summed E-state index contributed by atoms with van der Waals surface area (Å²) in [7, 11) is 0. The second kappa shape index (κ2) is 10.4. The molecule has 0 amide bonds. The van der Waals surface area contributed by atoms with Gasteiger partial charge in [0.2, 0.25) is 0 Å². The van der Waals surface area contributed by atoms with Crippen molar-refractivity contribution in [1.82, 2.24) is 9.80 Å². The van der Waals surface area contributed by atoms with Crippen LogP contribution in [0.5, 0.6) is 0 Å². The highest BCUT2D eigenvalue weighted by molar-refractivity contribution is 9.10. The minimum Gasteiger partial charge on any atom is -0.302 e. The highest BCUT2D eigenvalue weighted by Crippen LogP contribution is 2.31. The second-order valence-electron chi connectivity index (χ2n) is 8.30. The van der Waals surface area contributed by atoms with E-state index in [-0.39, 0.29) is 6.04 Å². The van der Waals surface area contributed by atoms with Crippen LogP contribution in [-0.4, -0.2) is 42.0 Å². The topological polar surface area (TPSA) is 6.48 Å². The van der Waals surface area contributed by atoms with E-state index in [2.05, 4.69) is 92.2 Å². The van der Waals surface area contributed by atoms with E-state index >= 15 is 0 Å². The molecule has 2 aromatic rings.